The molecule has 1 fully saturated rings. The molecule has 2 aliphatic heterocycles. The Balaban J connectivity index is 1.91. The van der Waals surface area contributed by atoms with Crippen molar-refractivity contribution in [1.82, 2.24) is 5.32 Å². The zero-order valence-corrected chi connectivity index (χ0v) is 16.9. The van der Waals surface area contributed by atoms with E-state index in [0.29, 0.717) is 12.5 Å². The van der Waals surface area contributed by atoms with E-state index < -0.39 is 0 Å². The number of nitrogens with one attached hydrogen (secondary N) is 1. The van der Waals surface area contributed by atoms with E-state index in [-0.39, 0.29) is 24.2 Å². The smallest absolute Gasteiger partial charge is 0.141 e. The minimum Gasteiger partial charge on any atom is -0.495 e. The summed E-state index contributed by atoms with van der Waals surface area (Å²) >= 11 is 3.69. The highest BCUT2D eigenvalue weighted by atomic mass is 79.9. The largest absolute Gasteiger partial charge is 0.495 e. The molecule has 0 saturated heterocycles. The monoisotopic (exact) mass is 424 g/mol. The van der Waals surface area contributed by atoms with E-state index in [1.165, 1.54) is 11.1 Å². The maximum atomic E-state index is 9.91. The van der Waals surface area contributed by atoms with Crippen molar-refractivity contribution < 1.29 is 19.4 Å². The third-order valence-electron chi connectivity index (χ3n) is 6.24. The highest BCUT2D eigenvalue weighted by Crippen LogP contribution is 2.60. The number of benzene rings is 1. The minimum absolute atomic E-state index is 0.0220. The second kappa shape index (κ2) is 6.69. The van der Waals surface area contributed by atoms with Crippen LogP contribution in [0.2, 0.25) is 0 Å². The third kappa shape index (κ3) is 2.47. The van der Waals surface area contributed by atoms with E-state index in [9.17, 15) is 5.11 Å². The molecule has 0 aromatic heterocycles. The van der Waals surface area contributed by atoms with Gasteiger partial charge in [0.1, 0.15) is 29.2 Å². The Labute approximate surface area is 162 Å². The van der Waals surface area contributed by atoms with Gasteiger partial charge in [-0.3, -0.25) is 0 Å². The van der Waals surface area contributed by atoms with Gasteiger partial charge < -0.3 is 24.7 Å². The predicted molar refractivity (Wildman–Crippen MR) is 102 cm³/mol. The standard InChI is InChI=1S/C19H25BrN2O4/c1-10-4-12(22-25-3)6-15-19(10)7-13(9-23)21-8-11-5-14(24-2)17(20)18(26-15)16(11)19/h5,10,13,15,21,23H,4,6-9H2,1-3H3/t10-,13+,15-,19+/m1/s1. The van der Waals surface area contributed by atoms with Gasteiger partial charge >= 0.3 is 0 Å². The summed E-state index contributed by atoms with van der Waals surface area (Å²) in [7, 11) is 3.26. The zero-order chi connectivity index (χ0) is 18.5. The first-order chi connectivity index (χ1) is 12.5. The molecule has 1 spiro atoms. The first-order valence-electron chi connectivity index (χ1n) is 9.04. The summed E-state index contributed by atoms with van der Waals surface area (Å²) < 4.78 is 12.9. The number of hydrogen-bond donors (Lipinski definition) is 2. The summed E-state index contributed by atoms with van der Waals surface area (Å²) in [5.41, 5.74) is 3.34. The molecule has 4 rings (SSSR count). The van der Waals surface area contributed by atoms with E-state index in [2.05, 4.69) is 39.4 Å². The molecule has 142 valence electrons. The Morgan fingerprint density at radius 1 is 1.42 bits per heavy atom. The lowest BCUT2D eigenvalue weighted by Crippen LogP contribution is -2.52. The Kier molecular flexibility index (Phi) is 4.65. The van der Waals surface area contributed by atoms with Gasteiger partial charge in [-0.05, 0) is 46.3 Å². The number of ether oxygens (including phenoxy) is 2. The topological polar surface area (TPSA) is 72.3 Å². The number of aliphatic hydroxyl groups excluding tert-OH is 1. The Morgan fingerprint density at radius 3 is 2.92 bits per heavy atom. The molecule has 0 amide bonds. The van der Waals surface area contributed by atoms with Crippen LogP contribution < -0.4 is 14.8 Å². The molecule has 1 aromatic rings. The summed E-state index contributed by atoms with van der Waals surface area (Å²) in [6, 6.07) is 2.13. The van der Waals surface area contributed by atoms with Crippen molar-refractivity contribution in [2.45, 2.75) is 50.3 Å². The van der Waals surface area contributed by atoms with E-state index in [0.717, 1.165) is 40.9 Å². The molecule has 0 unspecified atom stereocenters. The van der Waals surface area contributed by atoms with Crippen LogP contribution in [-0.4, -0.2) is 43.8 Å². The second-order valence-electron chi connectivity index (χ2n) is 7.52. The fourth-order valence-corrected chi connectivity index (χ4v) is 5.67. The van der Waals surface area contributed by atoms with Crippen molar-refractivity contribution in [3.63, 3.8) is 0 Å². The van der Waals surface area contributed by atoms with Crippen LogP contribution in [0.1, 0.15) is 37.3 Å². The van der Waals surface area contributed by atoms with Gasteiger partial charge in [-0.1, -0.05) is 12.1 Å². The van der Waals surface area contributed by atoms with Gasteiger partial charge in [0.15, 0.2) is 0 Å². The van der Waals surface area contributed by atoms with Crippen LogP contribution in [0.25, 0.3) is 0 Å². The van der Waals surface area contributed by atoms with Gasteiger partial charge in [-0.15, -0.1) is 0 Å². The van der Waals surface area contributed by atoms with Crippen molar-refractivity contribution in [2.24, 2.45) is 11.1 Å². The van der Waals surface area contributed by atoms with E-state index >= 15 is 0 Å². The van der Waals surface area contributed by atoms with Gasteiger partial charge in [0.05, 0.1) is 19.4 Å². The van der Waals surface area contributed by atoms with Gasteiger partial charge in [0.2, 0.25) is 0 Å². The summed E-state index contributed by atoms with van der Waals surface area (Å²) in [5, 5.41) is 17.6. The molecule has 1 saturated carbocycles. The Morgan fingerprint density at radius 2 is 2.23 bits per heavy atom. The van der Waals surface area contributed by atoms with Crippen molar-refractivity contribution in [2.75, 3.05) is 20.8 Å². The first-order valence-corrected chi connectivity index (χ1v) is 9.84. The number of halogens is 1. The number of aliphatic hydroxyl groups is 1. The van der Waals surface area contributed by atoms with Crippen LogP contribution in [0.3, 0.4) is 0 Å². The molecule has 26 heavy (non-hydrogen) atoms. The number of nitrogens with zero attached hydrogens (tertiary/aromatic N) is 1. The van der Waals surface area contributed by atoms with Gasteiger partial charge in [0.25, 0.3) is 0 Å². The van der Waals surface area contributed by atoms with Gasteiger partial charge in [-0.2, -0.15) is 0 Å². The number of methoxy groups -OCH3 is 1. The van der Waals surface area contributed by atoms with Crippen molar-refractivity contribution in [3.05, 3.63) is 21.7 Å². The van der Waals surface area contributed by atoms with Crippen LogP contribution >= 0.6 is 15.9 Å². The van der Waals surface area contributed by atoms with Crippen molar-refractivity contribution in [1.29, 1.82) is 0 Å². The van der Waals surface area contributed by atoms with E-state index in [4.69, 9.17) is 14.3 Å². The molecule has 3 aliphatic rings. The molecule has 0 bridgehead atoms. The second-order valence-corrected chi connectivity index (χ2v) is 8.31. The van der Waals surface area contributed by atoms with Crippen molar-refractivity contribution in [3.8, 4) is 11.5 Å². The van der Waals surface area contributed by atoms with Crippen LogP contribution in [0.4, 0.5) is 0 Å². The number of oxime groups is 1. The third-order valence-corrected chi connectivity index (χ3v) is 6.99. The van der Waals surface area contributed by atoms with E-state index in [1.54, 1.807) is 14.2 Å². The van der Waals surface area contributed by atoms with Crippen LogP contribution in [0, 0.1) is 5.92 Å². The molecule has 4 atom stereocenters. The number of hydrogen-bond acceptors (Lipinski definition) is 6. The van der Waals surface area contributed by atoms with Gasteiger partial charge in [0, 0.05) is 30.0 Å². The SMILES string of the molecule is CON=C1C[C@@H](C)[C@]23C[C@@H](CO)NCc4cc(OC)c(Br)c(c42)O[C@@H]3C1. The fraction of sp³-hybridized carbons (Fsp3) is 0.632. The lowest BCUT2D eigenvalue weighted by molar-refractivity contribution is 0.0721. The Hall–Kier alpha value is -1.31. The fourth-order valence-electron chi connectivity index (χ4n) is 5.10. The first kappa shape index (κ1) is 18.1. The maximum Gasteiger partial charge on any atom is 0.141 e. The summed E-state index contributed by atoms with van der Waals surface area (Å²) in [6.45, 7) is 3.07. The average molecular weight is 425 g/mol. The summed E-state index contributed by atoms with van der Waals surface area (Å²) in [6.07, 6.45) is 2.42. The predicted octanol–water partition coefficient (Wildman–Crippen LogP) is 2.74. The van der Waals surface area contributed by atoms with Gasteiger partial charge in [-0.25, -0.2) is 0 Å². The molecule has 1 aliphatic carbocycles. The molecule has 2 N–H and O–H groups in total. The molecule has 1 aromatic carbocycles. The van der Waals surface area contributed by atoms with Crippen LogP contribution in [-0.2, 0) is 16.8 Å². The van der Waals surface area contributed by atoms with Crippen LogP contribution in [0.5, 0.6) is 11.5 Å². The molecule has 6 nitrogen and oxygen atoms in total. The highest BCUT2D eigenvalue weighted by molar-refractivity contribution is 9.10. The molecule has 7 heteroatoms. The maximum absolute atomic E-state index is 9.91. The zero-order valence-electron chi connectivity index (χ0n) is 15.3. The Bertz CT molecular complexity index is 754. The molecule has 2 heterocycles. The van der Waals surface area contributed by atoms with E-state index in [1.807, 2.05) is 0 Å². The normalized spacial score (nSPS) is 33.9. The van der Waals surface area contributed by atoms with Crippen LogP contribution in [0.15, 0.2) is 15.7 Å². The minimum atomic E-state index is -0.150. The molecule has 0 radical (unpaired) electrons. The summed E-state index contributed by atoms with van der Waals surface area (Å²) in [4.78, 5) is 5.04. The lowest BCUT2D eigenvalue weighted by atomic mass is 9.59. The number of rotatable bonds is 3. The highest BCUT2D eigenvalue weighted by Gasteiger charge is 2.58. The van der Waals surface area contributed by atoms with Crippen molar-refractivity contribution >= 4 is 21.6 Å². The molecular formula is C19H25BrN2O4. The molecular weight excluding hydrogens is 400 g/mol. The average Bonchev–Trinajstić information content (AvgIpc) is 2.86. The summed E-state index contributed by atoms with van der Waals surface area (Å²) in [5.74, 6) is 1.98. The lowest BCUT2D eigenvalue weighted by Gasteiger charge is -2.44. The quantitative estimate of drug-likeness (QED) is 0.729.